The van der Waals surface area contributed by atoms with Gasteiger partial charge in [-0.15, -0.1) is 0 Å². The Hall–Kier alpha value is -1.75. The lowest BCUT2D eigenvalue weighted by molar-refractivity contribution is 0.130. The van der Waals surface area contributed by atoms with Gasteiger partial charge in [-0.05, 0) is 30.0 Å². The fraction of sp³-hybridized carbons (Fsp3) is 0.500. The molecule has 1 atom stereocenters. The molecule has 0 saturated heterocycles. The Kier molecular flexibility index (Phi) is 6.15. The third kappa shape index (κ3) is 5.18. The Morgan fingerprint density at radius 2 is 2.00 bits per heavy atom. The van der Waals surface area contributed by atoms with E-state index >= 15 is 0 Å². The van der Waals surface area contributed by atoms with E-state index in [1.807, 2.05) is 31.2 Å². The molecule has 2 N–H and O–H groups in total. The second-order valence-corrected chi connectivity index (χ2v) is 4.63. The van der Waals surface area contributed by atoms with Crippen LogP contribution in [0.4, 0.5) is 4.79 Å². The van der Waals surface area contributed by atoms with E-state index in [0.29, 0.717) is 19.5 Å². The number of hydrogen-bond acceptors (Lipinski definition) is 3. The van der Waals surface area contributed by atoms with Crippen LogP contribution in [0, 0.1) is 5.92 Å². The monoisotopic (exact) mass is 267 g/mol. The van der Waals surface area contributed by atoms with Crippen molar-refractivity contribution in [2.45, 2.75) is 19.9 Å². The van der Waals surface area contributed by atoms with Crippen LogP contribution < -0.4 is 4.74 Å². The Balaban J connectivity index is 2.64. The Bertz CT molecular complexity index is 391. The number of methoxy groups -OCH3 is 1. The summed E-state index contributed by atoms with van der Waals surface area (Å²) < 4.78 is 5.06. The molecule has 0 spiro atoms. The SMILES string of the molecule is COc1ccc(CN(CC(C)CCO)C(=O)O)cc1. The van der Waals surface area contributed by atoms with Crippen LogP contribution in [0.15, 0.2) is 24.3 Å². The molecule has 19 heavy (non-hydrogen) atoms. The molecule has 106 valence electrons. The van der Waals surface area contributed by atoms with E-state index < -0.39 is 6.09 Å². The van der Waals surface area contributed by atoms with Gasteiger partial charge in [0, 0.05) is 19.7 Å². The van der Waals surface area contributed by atoms with Crippen LogP contribution in [0.5, 0.6) is 5.75 Å². The third-order valence-electron chi connectivity index (χ3n) is 2.96. The van der Waals surface area contributed by atoms with Crippen molar-refractivity contribution in [3.05, 3.63) is 29.8 Å². The van der Waals surface area contributed by atoms with Gasteiger partial charge in [0.05, 0.1) is 7.11 Å². The van der Waals surface area contributed by atoms with Crippen molar-refractivity contribution in [3.63, 3.8) is 0 Å². The first kappa shape index (κ1) is 15.3. The highest BCUT2D eigenvalue weighted by Gasteiger charge is 2.15. The summed E-state index contributed by atoms with van der Waals surface area (Å²) in [5.74, 6) is 0.888. The minimum Gasteiger partial charge on any atom is -0.497 e. The molecule has 1 unspecified atom stereocenters. The van der Waals surface area contributed by atoms with Crippen molar-refractivity contribution >= 4 is 6.09 Å². The molecule has 1 aromatic carbocycles. The largest absolute Gasteiger partial charge is 0.497 e. The van der Waals surface area contributed by atoms with Gasteiger partial charge in [-0.3, -0.25) is 0 Å². The van der Waals surface area contributed by atoms with Crippen LogP contribution in [-0.2, 0) is 6.54 Å². The van der Waals surface area contributed by atoms with E-state index in [-0.39, 0.29) is 12.5 Å². The number of carbonyl (C=O) groups is 1. The molecule has 0 heterocycles. The molecule has 1 amide bonds. The predicted molar refractivity (Wildman–Crippen MR) is 72.3 cm³/mol. The van der Waals surface area contributed by atoms with Gasteiger partial charge in [-0.1, -0.05) is 19.1 Å². The van der Waals surface area contributed by atoms with Crippen molar-refractivity contribution < 1.29 is 19.7 Å². The first-order chi connectivity index (χ1) is 9.06. The van der Waals surface area contributed by atoms with Crippen LogP contribution in [0.2, 0.25) is 0 Å². The number of amides is 1. The summed E-state index contributed by atoms with van der Waals surface area (Å²) in [5, 5.41) is 18.0. The summed E-state index contributed by atoms with van der Waals surface area (Å²) in [6.45, 7) is 2.77. The Morgan fingerprint density at radius 3 is 2.47 bits per heavy atom. The second kappa shape index (κ2) is 7.63. The molecular weight excluding hydrogens is 246 g/mol. The van der Waals surface area contributed by atoms with Crippen LogP contribution in [0.1, 0.15) is 18.9 Å². The lowest BCUT2D eigenvalue weighted by Crippen LogP contribution is -2.33. The van der Waals surface area contributed by atoms with Crippen LogP contribution in [0.25, 0.3) is 0 Å². The summed E-state index contributed by atoms with van der Waals surface area (Å²) in [7, 11) is 1.59. The minimum atomic E-state index is -0.944. The molecule has 0 aliphatic carbocycles. The molecule has 5 heteroatoms. The number of benzene rings is 1. The van der Waals surface area contributed by atoms with E-state index in [1.165, 1.54) is 4.90 Å². The molecule has 0 bridgehead atoms. The molecule has 0 aliphatic rings. The standard InChI is InChI=1S/C14H21NO4/c1-11(7-8-16)9-15(14(17)18)10-12-3-5-13(19-2)6-4-12/h3-6,11,16H,7-10H2,1-2H3,(H,17,18). The Morgan fingerprint density at radius 1 is 1.37 bits per heavy atom. The molecule has 5 nitrogen and oxygen atoms in total. The third-order valence-corrected chi connectivity index (χ3v) is 2.96. The van der Waals surface area contributed by atoms with E-state index in [1.54, 1.807) is 7.11 Å². The quantitative estimate of drug-likeness (QED) is 0.794. The smallest absolute Gasteiger partial charge is 0.407 e. The van der Waals surface area contributed by atoms with Crippen molar-refractivity contribution in [2.24, 2.45) is 5.92 Å². The molecule has 0 aliphatic heterocycles. The molecular formula is C14H21NO4. The first-order valence-electron chi connectivity index (χ1n) is 6.28. The predicted octanol–water partition coefficient (Wildman–Crippen LogP) is 2.19. The molecule has 0 aromatic heterocycles. The highest BCUT2D eigenvalue weighted by Crippen LogP contribution is 2.14. The number of aliphatic hydroxyl groups is 1. The zero-order valence-electron chi connectivity index (χ0n) is 11.4. The summed E-state index contributed by atoms with van der Waals surface area (Å²) >= 11 is 0. The zero-order valence-corrected chi connectivity index (χ0v) is 11.4. The van der Waals surface area contributed by atoms with Gasteiger partial charge in [0.25, 0.3) is 0 Å². The first-order valence-corrected chi connectivity index (χ1v) is 6.28. The van der Waals surface area contributed by atoms with E-state index in [9.17, 15) is 9.90 Å². The normalized spacial score (nSPS) is 11.9. The maximum Gasteiger partial charge on any atom is 0.407 e. The van der Waals surface area contributed by atoms with Crippen molar-refractivity contribution in [3.8, 4) is 5.75 Å². The van der Waals surface area contributed by atoms with Gasteiger partial charge < -0.3 is 19.8 Å². The topological polar surface area (TPSA) is 70.0 Å². The van der Waals surface area contributed by atoms with Crippen LogP contribution >= 0.6 is 0 Å². The molecule has 1 aromatic rings. The Labute approximate surface area is 113 Å². The van der Waals surface area contributed by atoms with Crippen molar-refractivity contribution in [1.82, 2.24) is 4.90 Å². The second-order valence-electron chi connectivity index (χ2n) is 4.63. The summed E-state index contributed by atoms with van der Waals surface area (Å²) in [5.41, 5.74) is 0.916. The maximum absolute atomic E-state index is 11.2. The number of hydrogen-bond donors (Lipinski definition) is 2. The highest BCUT2D eigenvalue weighted by molar-refractivity contribution is 5.65. The van der Waals surface area contributed by atoms with E-state index in [0.717, 1.165) is 11.3 Å². The lowest BCUT2D eigenvalue weighted by atomic mass is 10.1. The van der Waals surface area contributed by atoms with Gasteiger partial charge in [0.1, 0.15) is 5.75 Å². The summed E-state index contributed by atoms with van der Waals surface area (Å²) in [6, 6.07) is 7.33. The number of nitrogens with zero attached hydrogens (tertiary/aromatic N) is 1. The average molecular weight is 267 g/mol. The molecule has 0 saturated carbocycles. The summed E-state index contributed by atoms with van der Waals surface area (Å²) in [4.78, 5) is 12.6. The minimum absolute atomic E-state index is 0.0805. The molecule has 0 fully saturated rings. The summed E-state index contributed by atoms with van der Waals surface area (Å²) in [6.07, 6.45) is -0.340. The van der Waals surface area contributed by atoms with Gasteiger partial charge in [-0.25, -0.2) is 4.79 Å². The van der Waals surface area contributed by atoms with Gasteiger partial charge in [0.2, 0.25) is 0 Å². The number of carboxylic acid groups (broad SMARTS) is 1. The number of ether oxygens (including phenoxy) is 1. The van der Waals surface area contributed by atoms with E-state index in [2.05, 4.69) is 0 Å². The van der Waals surface area contributed by atoms with Crippen LogP contribution in [0.3, 0.4) is 0 Å². The van der Waals surface area contributed by atoms with Crippen molar-refractivity contribution in [2.75, 3.05) is 20.3 Å². The lowest BCUT2D eigenvalue weighted by Gasteiger charge is -2.23. The van der Waals surface area contributed by atoms with Gasteiger partial charge in [0.15, 0.2) is 0 Å². The molecule has 1 rings (SSSR count). The zero-order chi connectivity index (χ0) is 14.3. The maximum atomic E-state index is 11.2. The fourth-order valence-electron chi connectivity index (χ4n) is 1.85. The number of aliphatic hydroxyl groups excluding tert-OH is 1. The highest BCUT2D eigenvalue weighted by atomic mass is 16.5. The van der Waals surface area contributed by atoms with Crippen LogP contribution in [-0.4, -0.2) is 41.5 Å². The average Bonchev–Trinajstić information content (AvgIpc) is 2.39. The van der Waals surface area contributed by atoms with Gasteiger partial charge in [-0.2, -0.15) is 0 Å². The number of rotatable bonds is 7. The van der Waals surface area contributed by atoms with E-state index in [4.69, 9.17) is 9.84 Å². The van der Waals surface area contributed by atoms with Gasteiger partial charge >= 0.3 is 6.09 Å². The fourth-order valence-corrected chi connectivity index (χ4v) is 1.85. The van der Waals surface area contributed by atoms with Crippen molar-refractivity contribution in [1.29, 1.82) is 0 Å². The molecule has 0 radical (unpaired) electrons.